The average Bonchev–Trinajstić information content (AvgIpc) is 2.49. The fourth-order valence-electron chi connectivity index (χ4n) is 2.47. The van der Waals surface area contributed by atoms with Crippen molar-refractivity contribution in [3.8, 4) is 0 Å². The average molecular weight is 291 g/mol. The topological polar surface area (TPSA) is 70.2 Å². The maximum atomic E-state index is 12.2. The Morgan fingerprint density at radius 2 is 2.24 bits per heavy atom. The minimum absolute atomic E-state index is 0.133. The van der Waals surface area contributed by atoms with Crippen LogP contribution in [0.1, 0.15) is 43.6 Å². The Morgan fingerprint density at radius 3 is 2.86 bits per heavy atom. The van der Waals surface area contributed by atoms with Crippen molar-refractivity contribution in [2.75, 3.05) is 25.5 Å². The van der Waals surface area contributed by atoms with Crippen LogP contribution >= 0.6 is 0 Å². The molecule has 1 aliphatic rings. The Labute approximate surface area is 126 Å². The number of anilines is 1. The Balaban J connectivity index is 1.88. The van der Waals surface area contributed by atoms with Crippen molar-refractivity contribution in [3.63, 3.8) is 0 Å². The predicted octanol–water partition coefficient (Wildman–Crippen LogP) is 1.51. The van der Waals surface area contributed by atoms with Crippen molar-refractivity contribution in [2.45, 2.75) is 45.2 Å². The van der Waals surface area contributed by atoms with Crippen molar-refractivity contribution < 1.29 is 4.79 Å². The highest BCUT2D eigenvalue weighted by atomic mass is 16.1. The van der Waals surface area contributed by atoms with Gasteiger partial charge < -0.3 is 15.5 Å². The lowest BCUT2D eigenvalue weighted by Crippen LogP contribution is -2.47. The van der Waals surface area contributed by atoms with Crippen molar-refractivity contribution in [1.29, 1.82) is 0 Å². The lowest BCUT2D eigenvalue weighted by molar-refractivity contribution is 0.0891. The van der Waals surface area contributed by atoms with Crippen molar-refractivity contribution in [2.24, 2.45) is 0 Å². The van der Waals surface area contributed by atoms with Gasteiger partial charge in [-0.1, -0.05) is 6.92 Å². The molecule has 1 aliphatic heterocycles. The van der Waals surface area contributed by atoms with Gasteiger partial charge in [0, 0.05) is 25.2 Å². The molecule has 1 saturated heterocycles. The SMILES string of the molecule is CCCNc1cnc(C(=O)NC2CCN(C)C(C)C2)cn1. The summed E-state index contributed by atoms with van der Waals surface area (Å²) in [6, 6.07) is 0.721. The van der Waals surface area contributed by atoms with E-state index in [-0.39, 0.29) is 11.9 Å². The molecule has 21 heavy (non-hydrogen) atoms. The Bertz CT molecular complexity index is 462. The van der Waals surface area contributed by atoms with Crippen molar-refractivity contribution in [1.82, 2.24) is 20.2 Å². The number of nitrogens with zero attached hydrogens (tertiary/aromatic N) is 3. The van der Waals surface area contributed by atoms with E-state index in [0.717, 1.165) is 32.4 Å². The Kier molecular flexibility index (Phi) is 5.50. The van der Waals surface area contributed by atoms with Gasteiger partial charge in [0.25, 0.3) is 5.91 Å². The molecule has 0 aliphatic carbocycles. The Hall–Kier alpha value is -1.69. The number of amides is 1. The summed E-state index contributed by atoms with van der Waals surface area (Å²) in [6.07, 6.45) is 6.13. The number of hydrogen-bond donors (Lipinski definition) is 2. The summed E-state index contributed by atoms with van der Waals surface area (Å²) in [6.45, 7) is 6.14. The van der Waals surface area contributed by atoms with Gasteiger partial charge in [-0.2, -0.15) is 0 Å². The predicted molar refractivity (Wildman–Crippen MR) is 83.4 cm³/mol. The van der Waals surface area contributed by atoms with E-state index in [2.05, 4.69) is 46.4 Å². The third-order valence-electron chi connectivity index (χ3n) is 3.98. The van der Waals surface area contributed by atoms with E-state index in [4.69, 9.17) is 0 Å². The van der Waals surface area contributed by atoms with Crippen LogP contribution in [0, 0.1) is 0 Å². The molecule has 2 N–H and O–H groups in total. The molecule has 6 nitrogen and oxygen atoms in total. The highest BCUT2D eigenvalue weighted by Crippen LogP contribution is 2.15. The molecule has 1 amide bonds. The van der Waals surface area contributed by atoms with Crippen molar-refractivity contribution in [3.05, 3.63) is 18.1 Å². The van der Waals surface area contributed by atoms with Gasteiger partial charge in [-0.05, 0) is 33.2 Å². The number of aromatic nitrogens is 2. The first-order valence-electron chi connectivity index (χ1n) is 7.67. The number of nitrogens with one attached hydrogen (secondary N) is 2. The number of carbonyl (C=O) groups is 1. The number of hydrogen-bond acceptors (Lipinski definition) is 5. The number of likely N-dealkylation sites (tertiary alicyclic amines) is 1. The van der Waals surface area contributed by atoms with Gasteiger partial charge in [0.05, 0.1) is 12.4 Å². The van der Waals surface area contributed by atoms with Gasteiger partial charge >= 0.3 is 0 Å². The first-order chi connectivity index (χ1) is 10.1. The minimum Gasteiger partial charge on any atom is -0.369 e. The summed E-state index contributed by atoms with van der Waals surface area (Å²) in [5.74, 6) is 0.576. The molecule has 2 unspecified atom stereocenters. The van der Waals surface area contributed by atoms with Crippen LogP contribution in [0.25, 0.3) is 0 Å². The van der Waals surface area contributed by atoms with E-state index in [1.54, 1.807) is 6.20 Å². The summed E-state index contributed by atoms with van der Waals surface area (Å²) in [7, 11) is 2.12. The lowest BCUT2D eigenvalue weighted by Gasteiger charge is -2.35. The molecule has 1 aromatic rings. The van der Waals surface area contributed by atoms with E-state index in [1.807, 2.05) is 0 Å². The molecule has 0 bridgehead atoms. The maximum absolute atomic E-state index is 12.2. The van der Waals surface area contributed by atoms with E-state index < -0.39 is 0 Å². The number of piperidine rings is 1. The monoisotopic (exact) mass is 291 g/mol. The zero-order chi connectivity index (χ0) is 15.2. The molecule has 1 fully saturated rings. The molecule has 116 valence electrons. The second-order valence-corrected chi connectivity index (χ2v) is 5.74. The molecule has 2 atom stereocenters. The smallest absolute Gasteiger partial charge is 0.271 e. The van der Waals surface area contributed by atoms with Crippen LogP contribution in [-0.2, 0) is 0 Å². The van der Waals surface area contributed by atoms with Crippen LogP contribution in [0.4, 0.5) is 5.82 Å². The van der Waals surface area contributed by atoms with Crippen LogP contribution in [0.2, 0.25) is 0 Å². The molecule has 0 spiro atoms. The summed E-state index contributed by atoms with van der Waals surface area (Å²) >= 11 is 0. The summed E-state index contributed by atoms with van der Waals surface area (Å²) in [5, 5.41) is 6.20. The second-order valence-electron chi connectivity index (χ2n) is 5.74. The molecule has 0 radical (unpaired) electrons. The standard InChI is InChI=1S/C15H25N5O/c1-4-6-16-14-10-17-13(9-18-14)15(21)19-12-5-7-20(3)11(2)8-12/h9-12H,4-8H2,1-3H3,(H,16,18)(H,19,21). The normalized spacial score (nSPS) is 22.8. The Morgan fingerprint density at radius 1 is 1.43 bits per heavy atom. The molecule has 2 rings (SSSR count). The molecule has 6 heteroatoms. The van der Waals surface area contributed by atoms with Crippen molar-refractivity contribution >= 4 is 11.7 Å². The quantitative estimate of drug-likeness (QED) is 0.860. The van der Waals surface area contributed by atoms with E-state index in [1.165, 1.54) is 6.20 Å². The maximum Gasteiger partial charge on any atom is 0.271 e. The molecule has 2 heterocycles. The highest BCUT2D eigenvalue weighted by molar-refractivity contribution is 5.92. The van der Waals surface area contributed by atoms with E-state index in [0.29, 0.717) is 17.6 Å². The minimum atomic E-state index is -0.133. The third-order valence-corrected chi connectivity index (χ3v) is 3.98. The van der Waals surface area contributed by atoms with Crippen LogP contribution < -0.4 is 10.6 Å². The lowest BCUT2D eigenvalue weighted by atomic mass is 9.99. The number of rotatable bonds is 5. The molecular formula is C15H25N5O. The van der Waals surface area contributed by atoms with Gasteiger partial charge in [-0.3, -0.25) is 4.79 Å². The largest absolute Gasteiger partial charge is 0.369 e. The van der Waals surface area contributed by atoms with E-state index in [9.17, 15) is 4.79 Å². The highest BCUT2D eigenvalue weighted by Gasteiger charge is 2.24. The molecule has 1 aromatic heterocycles. The zero-order valence-electron chi connectivity index (χ0n) is 13.1. The third kappa shape index (κ3) is 4.39. The molecular weight excluding hydrogens is 266 g/mol. The second kappa shape index (κ2) is 7.36. The van der Waals surface area contributed by atoms with E-state index >= 15 is 0 Å². The molecule has 0 saturated carbocycles. The van der Waals surface area contributed by atoms with Gasteiger partial charge in [-0.15, -0.1) is 0 Å². The van der Waals surface area contributed by atoms with Gasteiger partial charge in [0.2, 0.25) is 0 Å². The molecule has 0 aromatic carbocycles. The van der Waals surface area contributed by atoms with Crippen LogP contribution in [0.3, 0.4) is 0 Å². The summed E-state index contributed by atoms with van der Waals surface area (Å²) < 4.78 is 0. The summed E-state index contributed by atoms with van der Waals surface area (Å²) in [4.78, 5) is 22.9. The summed E-state index contributed by atoms with van der Waals surface area (Å²) in [5.41, 5.74) is 0.378. The zero-order valence-corrected chi connectivity index (χ0v) is 13.1. The van der Waals surface area contributed by atoms with Crippen LogP contribution in [-0.4, -0.2) is 53.0 Å². The van der Waals surface area contributed by atoms with Crippen LogP contribution in [0.5, 0.6) is 0 Å². The fourth-order valence-corrected chi connectivity index (χ4v) is 2.47. The fraction of sp³-hybridized carbons (Fsp3) is 0.667. The van der Waals surface area contributed by atoms with Crippen LogP contribution in [0.15, 0.2) is 12.4 Å². The first-order valence-corrected chi connectivity index (χ1v) is 7.67. The van der Waals surface area contributed by atoms with Gasteiger partial charge in [-0.25, -0.2) is 9.97 Å². The van der Waals surface area contributed by atoms with Gasteiger partial charge in [0.1, 0.15) is 11.5 Å². The first kappa shape index (κ1) is 15.7. The van der Waals surface area contributed by atoms with Gasteiger partial charge in [0.15, 0.2) is 0 Å². The number of carbonyl (C=O) groups excluding carboxylic acids is 1.